The topological polar surface area (TPSA) is 173 Å². The second-order valence-electron chi connectivity index (χ2n) is 14.7. The van der Waals surface area contributed by atoms with Crippen molar-refractivity contribution in [1.29, 1.82) is 0 Å². The summed E-state index contributed by atoms with van der Waals surface area (Å²) in [6.07, 6.45) is 7.83. The van der Waals surface area contributed by atoms with E-state index in [1.54, 1.807) is 30.2 Å². The maximum atomic E-state index is 14.6. The van der Waals surface area contributed by atoms with Gasteiger partial charge in [0.2, 0.25) is 17.2 Å². The van der Waals surface area contributed by atoms with Gasteiger partial charge in [-0.3, -0.25) is 14.4 Å². The van der Waals surface area contributed by atoms with Crippen molar-refractivity contribution in [3.05, 3.63) is 52.0 Å². The number of hydrogen-bond acceptors (Lipinski definition) is 11. The number of fused-ring (bicyclic) bond motifs is 2. The monoisotopic (exact) mass is 682 g/mol. The summed E-state index contributed by atoms with van der Waals surface area (Å²) in [5, 5.41) is 23.4. The summed E-state index contributed by atoms with van der Waals surface area (Å²) in [4.78, 5) is 59.5. The van der Waals surface area contributed by atoms with Crippen LogP contribution in [-0.4, -0.2) is 94.2 Å². The predicted octanol–water partition coefficient (Wildman–Crippen LogP) is 2.54. The number of aromatic hydroxyl groups is 1. The van der Waals surface area contributed by atoms with Crippen molar-refractivity contribution in [2.24, 2.45) is 11.3 Å². The van der Waals surface area contributed by atoms with Gasteiger partial charge in [-0.25, -0.2) is 15.0 Å². The fourth-order valence-electron chi connectivity index (χ4n) is 8.82. The molecule has 5 aliphatic rings. The Bertz CT molecular complexity index is 2090. The van der Waals surface area contributed by atoms with Gasteiger partial charge in [0.05, 0.1) is 24.5 Å². The second-order valence-corrected chi connectivity index (χ2v) is 14.7. The highest BCUT2D eigenvalue weighted by Gasteiger charge is 2.69. The molecule has 2 bridgehead atoms. The molecule has 0 spiro atoms. The third kappa shape index (κ3) is 4.76. The van der Waals surface area contributed by atoms with Gasteiger partial charge in [0, 0.05) is 42.6 Å². The molecule has 1 saturated heterocycles. The van der Waals surface area contributed by atoms with E-state index in [2.05, 4.69) is 44.1 Å². The molecule has 4 aromatic rings. The van der Waals surface area contributed by atoms with Crippen LogP contribution in [0.3, 0.4) is 0 Å². The molecular weight excluding hydrogens is 640 g/mol. The van der Waals surface area contributed by atoms with Crippen molar-refractivity contribution in [2.45, 2.75) is 90.4 Å². The molecule has 0 radical (unpaired) electrons. The molecule has 2 N–H and O–H groups in total. The molecular formula is C35H42N10O5. The first-order chi connectivity index (χ1) is 24.0. The first-order valence-corrected chi connectivity index (χ1v) is 17.4. The van der Waals surface area contributed by atoms with Crippen LogP contribution in [0.15, 0.2) is 29.5 Å². The van der Waals surface area contributed by atoms with Crippen LogP contribution in [0.1, 0.15) is 74.8 Å². The molecule has 50 heavy (non-hydrogen) atoms. The Kier molecular flexibility index (Phi) is 7.39. The molecule has 262 valence electrons. The highest BCUT2D eigenvalue weighted by Crippen LogP contribution is 2.70. The Morgan fingerprint density at radius 3 is 2.54 bits per heavy atom. The lowest BCUT2D eigenvalue weighted by Gasteiger charge is -2.72. The molecule has 1 aliphatic heterocycles. The molecule has 4 saturated carbocycles. The smallest absolute Gasteiger partial charge is 0.276 e. The highest BCUT2D eigenvalue weighted by atomic mass is 16.5. The molecule has 9 rings (SSSR count). The van der Waals surface area contributed by atoms with E-state index in [9.17, 15) is 19.5 Å². The lowest BCUT2D eigenvalue weighted by molar-refractivity contribution is -0.187. The van der Waals surface area contributed by atoms with Gasteiger partial charge >= 0.3 is 0 Å². The number of nitrogens with zero attached hydrogens (tertiary/aromatic N) is 9. The van der Waals surface area contributed by atoms with E-state index in [0.717, 1.165) is 32.1 Å². The van der Waals surface area contributed by atoms with E-state index in [-0.39, 0.29) is 58.4 Å². The maximum absolute atomic E-state index is 14.6. The fourth-order valence-corrected chi connectivity index (χ4v) is 8.82. The summed E-state index contributed by atoms with van der Waals surface area (Å²) in [5.74, 6) is 0.262. The van der Waals surface area contributed by atoms with Gasteiger partial charge in [-0.2, -0.15) is 0 Å². The Morgan fingerprint density at radius 1 is 1.10 bits per heavy atom. The van der Waals surface area contributed by atoms with Gasteiger partial charge < -0.3 is 29.5 Å². The Labute approximate surface area is 288 Å². The number of methoxy groups -OCH3 is 1. The van der Waals surface area contributed by atoms with Gasteiger partial charge in [-0.15, -0.1) is 15.0 Å². The summed E-state index contributed by atoms with van der Waals surface area (Å²) in [7, 11) is 1.52. The van der Waals surface area contributed by atoms with Gasteiger partial charge in [0.1, 0.15) is 18.6 Å². The van der Waals surface area contributed by atoms with Gasteiger partial charge in [-0.05, 0) is 62.8 Å². The molecule has 0 unspecified atom stereocenters. The fraction of sp³-hybridized carbons (Fsp3) is 0.543. The SMILES string of the molecule is CCc1c(N2CCN(C(=O)c3ncnc(C)c3O)[C@H]3CC[C@@H]32)c(=O)c2nn(-c3ccnc(OC)c3)nc2n1CC(=O)NC12CC(C(C)C)(C1)C2. The third-order valence-corrected chi connectivity index (χ3v) is 11.7. The minimum Gasteiger partial charge on any atom is -0.504 e. The molecule has 5 fully saturated rings. The summed E-state index contributed by atoms with van der Waals surface area (Å²) < 4.78 is 7.16. The number of carbonyl (C=O) groups excluding carboxylic acids is 2. The largest absolute Gasteiger partial charge is 0.504 e. The number of ether oxygens (including phenoxy) is 1. The van der Waals surface area contributed by atoms with Crippen LogP contribution in [0.2, 0.25) is 0 Å². The minimum atomic E-state index is -0.355. The third-order valence-electron chi connectivity index (χ3n) is 11.7. The summed E-state index contributed by atoms with van der Waals surface area (Å²) in [6, 6.07) is 3.09. The Morgan fingerprint density at radius 2 is 1.86 bits per heavy atom. The molecule has 15 heteroatoms. The number of nitrogens with one attached hydrogen (secondary N) is 1. The van der Waals surface area contributed by atoms with Crippen LogP contribution in [0.25, 0.3) is 16.9 Å². The number of hydrogen-bond donors (Lipinski definition) is 2. The Balaban J connectivity index is 1.17. The quantitative estimate of drug-likeness (QED) is 0.266. The zero-order valence-corrected chi connectivity index (χ0v) is 29.0. The van der Waals surface area contributed by atoms with Crippen LogP contribution in [-0.2, 0) is 17.8 Å². The number of carbonyl (C=O) groups is 2. The van der Waals surface area contributed by atoms with E-state index in [1.165, 1.54) is 18.2 Å². The lowest BCUT2D eigenvalue weighted by atomic mass is 9.36. The first-order valence-electron chi connectivity index (χ1n) is 17.4. The lowest BCUT2D eigenvalue weighted by Crippen LogP contribution is -2.76. The van der Waals surface area contributed by atoms with Gasteiger partial charge in [0.15, 0.2) is 22.6 Å². The molecule has 0 aromatic carbocycles. The first kappa shape index (κ1) is 32.1. The van der Waals surface area contributed by atoms with Gasteiger partial charge in [0.25, 0.3) is 5.91 Å². The van der Waals surface area contributed by atoms with Crippen molar-refractivity contribution < 1.29 is 19.4 Å². The van der Waals surface area contributed by atoms with E-state index >= 15 is 0 Å². The average molecular weight is 683 g/mol. The second kappa shape index (κ2) is 11.5. The standard InChI is InChI=1S/C35H42N10O5/c1-6-22-29(42-11-12-43(24-8-7-23(24)42)33(49)28-30(47)20(4)37-18-38-28)31(48)27-32(41-45(40-27)21-9-10-36-26(13-21)50-5)44(22)14-25(46)39-35-15-34(16-35,17-35)19(2)3/h9-10,13,18-19,23-24,47H,6-8,11-12,14-17H2,1-5H3,(H,39,46)/t23-,24-,34?,35?/m0/s1. The zero-order chi connectivity index (χ0) is 35.1. The van der Waals surface area contributed by atoms with Crippen molar-refractivity contribution >= 4 is 28.7 Å². The Hall–Kier alpha value is -5.08. The predicted molar refractivity (Wildman–Crippen MR) is 182 cm³/mol. The maximum Gasteiger partial charge on any atom is 0.276 e. The number of pyridine rings is 2. The normalized spacial score (nSPS) is 25.1. The summed E-state index contributed by atoms with van der Waals surface area (Å²) in [5.41, 5.74) is 2.45. The summed E-state index contributed by atoms with van der Waals surface area (Å²) in [6.45, 7) is 8.80. The molecule has 2 atom stereocenters. The highest BCUT2D eigenvalue weighted by molar-refractivity contribution is 5.95. The number of rotatable bonds is 9. The van der Waals surface area contributed by atoms with Crippen LogP contribution >= 0.6 is 0 Å². The van der Waals surface area contributed by atoms with E-state index in [0.29, 0.717) is 65.1 Å². The van der Waals surface area contributed by atoms with Crippen molar-refractivity contribution in [2.75, 3.05) is 25.1 Å². The van der Waals surface area contributed by atoms with Crippen LogP contribution in [0, 0.1) is 18.3 Å². The number of aryl methyl sites for hydroxylation is 1. The zero-order valence-electron chi connectivity index (χ0n) is 29.0. The van der Waals surface area contributed by atoms with E-state index in [1.807, 2.05) is 11.5 Å². The molecule has 4 aromatic heterocycles. The molecule has 4 aliphatic carbocycles. The molecule has 2 amide bonds. The van der Waals surface area contributed by atoms with Crippen LogP contribution < -0.4 is 20.4 Å². The molecule has 5 heterocycles. The molecule has 15 nitrogen and oxygen atoms in total. The van der Waals surface area contributed by atoms with Crippen molar-refractivity contribution in [1.82, 2.24) is 44.7 Å². The van der Waals surface area contributed by atoms with E-state index in [4.69, 9.17) is 9.84 Å². The van der Waals surface area contributed by atoms with E-state index < -0.39 is 0 Å². The average Bonchev–Trinajstić information content (AvgIpc) is 3.50. The number of aromatic nitrogens is 7. The summed E-state index contributed by atoms with van der Waals surface area (Å²) >= 11 is 0. The number of anilines is 1. The van der Waals surface area contributed by atoms with Crippen LogP contribution in [0.4, 0.5) is 5.69 Å². The van der Waals surface area contributed by atoms with Gasteiger partial charge in [-0.1, -0.05) is 20.8 Å². The van der Waals surface area contributed by atoms with Crippen molar-refractivity contribution in [3.8, 4) is 17.3 Å². The number of amides is 2. The number of piperazine rings is 1. The van der Waals surface area contributed by atoms with Crippen LogP contribution in [0.5, 0.6) is 11.6 Å². The van der Waals surface area contributed by atoms with Crippen molar-refractivity contribution in [3.63, 3.8) is 0 Å². The minimum absolute atomic E-state index is 0.0133.